The van der Waals surface area contributed by atoms with Gasteiger partial charge in [-0.3, -0.25) is 4.40 Å². The van der Waals surface area contributed by atoms with Crippen LogP contribution in [0.5, 0.6) is 0 Å². The number of aryl methyl sites for hydroxylation is 2. The molecule has 1 N–H and O–H groups in total. The zero-order valence-electron chi connectivity index (χ0n) is 11.5. The molecule has 2 aromatic heterocycles. The van der Waals surface area contributed by atoms with Crippen molar-refractivity contribution < 1.29 is 0 Å². The van der Waals surface area contributed by atoms with Gasteiger partial charge in [0.2, 0.25) is 0 Å². The van der Waals surface area contributed by atoms with Gasteiger partial charge in [-0.15, -0.1) is 11.3 Å². The van der Waals surface area contributed by atoms with Gasteiger partial charge in [0.1, 0.15) is 0 Å². The first-order valence-electron chi connectivity index (χ1n) is 6.53. The molecule has 104 valence electrons. The molecule has 0 radical (unpaired) electrons. The Morgan fingerprint density at radius 3 is 2.85 bits per heavy atom. The van der Waals surface area contributed by atoms with E-state index in [9.17, 15) is 0 Å². The highest BCUT2D eigenvalue weighted by molar-refractivity contribution is 7.17. The molecule has 5 heteroatoms. The normalized spacial score (nSPS) is 11.3. The highest BCUT2D eigenvalue weighted by atomic mass is 35.5. The Morgan fingerprint density at radius 1 is 1.25 bits per heavy atom. The minimum atomic E-state index is 0.759. The largest absolute Gasteiger partial charge is 0.307 e. The van der Waals surface area contributed by atoms with E-state index in [1.807, 2.05) is 24.3 Å². The topological polar surface area (TPSA) is 29.3 Å². The van der Waals surface area contributed by atoms with Crippen LogP contribution >= 0.6 is 22.9 Å². The molecule has 3 rings (SSSR count). The third-order valence-electron chi connectivity index (χ3n) is 3.31. The third-order valence-corrected chi connectivity index (χ3v) is 4.57. The van der Waals surface area contributed by atoms with Crippen molar-refractivity contribution in [3.63, 3.8) is 0 Å². The standard InChI is InChI=1S/C15H16ClN3S/c1-10-9-19-14(11(2)18-15(19)20-10)8-17-7-12-5-3-4-6-13(12)16/h3-6,9,17H,7-8H2,1-2H3. The van der Waals surface area contributed by atoms with E-state index in [1.165, 1.54) is 10.6 Å². The number of hydrogen-bond acceptors (Lipinski definition) is 3. The van der Waals surface area contributed by atoms with Crippen LogP contribution < -0.4 is 5.32 Å². The number of imidazole rings is 1. The van der Waals surface area contributed by atoms with Gasteiger partial charge >= 0.3 is 0 Å². The first kappa shape index (κ1) is 13.6. The molecule has 0 unspecified atom stereocenters. The summed E-state index contributed by atoms with van der Waals surface area (Å²) in [5.74, 6) is 0. The van der Waals surface area contributed by atoms with Gasteiger partial charge in [-0.05, 0) is 25.5 Å². The molecule has 1 aromatic carbocycles. The fraction of sp³-hybridized carbons (Fsp3) is 0.267. The maximum Gasteiger partial charge on any atom is 0.194 e. The lowest BCUT2D eigenvalue weighted by molar-refractivity contribution is 0.672. The fourth-order valence-electron chi connectivity index (χ4n) is 2.28. The molecule has 2 heterocycles. The predicted molar refractivity (Wildman–Crippen MR) is 84.5 cm³/mol. The Balaban J connectivity index is 1.74. The number of nitrogens with zero attached hydrogens (tertiary/aromatic N) is 2. The molecule has 3 nitrogen and oxygen atoms in total. The molecule has 0 saturated carbocycles. The number of hydrogen-bond donors (Lipinski definition) is 1. The van der Waals surface area contributed by atoms with Crippen molar-refractivity contribution in [2.45, 2.75) is 26.9 Å². The lowest BCUT2D eigenvalue weighted by Crippen LogP contribution is -2.15. The number of halogens is 1. The summed E-state index contributed by atoms with van der Waals surface area (Å²) < 4.78 is 2.18. The average molecular weight is 306 g/mol. The maximum atomic E-state index is 6.16. The van der Waals surface area contributed by atoms with E-state index in [-0.39, 0.29) is 0 Å². The van der Waals surface area contributed by atoms with Crippen molar-refractivity contribution in [1.29, 1.82) is 0 Å². The molecular formula is C15H16ClN3S. The van der Waals surface area contributed by atoms with Crippen molar-refractivity contribution in [3.8, 4) is 0 Å². The van der Waals surface area contributed by atoms with Crippen molar-refractivity contribution in [1.82, 2.24) is 14.7 Å². The summed E-state index contributed by atoms with van der Waals surface area (Å²) in [5, 5.41) is 4.25. The van der Waals surface area contributed by atoms with Crippen LogP contribution in [0.15, 0.2) is 30.5 Å². The molecule has 0 bridgehead atoms. The summed E-state index contributed by atoms with van der Waals surface area (Å²) in [6.07, 6.45) is 2.15. The number of thiazole rings is 1. The van der Waals surface area contributed by atoms with Crippen LogP contribution in [0.25, 0.3) is 4.96 Å². The van der Waals surface area contributed by atoms with Crippen molar-refractivity contribution in [3.05, 3.63) is 57.3 Å². The molecule has 0 saturated heterocycles. The van der Waals surface area contributed by atoms with Crippen LogP contribution in [0.1, 0.15) is 21.8 Å². The molecule has 3 aromatic rings. The van der Waals surface area contributed by atoms with Gasteiger partial charge in [0.05, 0.1) is 11.4 Å². The van der Waals surface area contributed by atoms with Gasteiger partial charge in [-0.1, -0.05) is 29.8 Å². The van der Waals surface area contributed by atoms with Gasteiger partial charge in [-0.25, -0.2) is 4.98 Å². The van der Waals surface area contributed by atoms with Gasteiger partial charge < -0.3 is 5.32 Å². The van der Waals surface area contributed by atoms with E-state index in [1.54, 1.807) is 11.3 Å². The Hall–Kier alpha value is -1.36. The van der Waals surface area contributed by atoms with E-state index >= 15 is 0 Å². The smallest absolute Gasteiger partial charge is 0.194 e. The molecule has 0 fully saturated rings. The Kier molecular flexibility index (Phi) is 3.78. The van der Waals surface area contributed by atoms with Crippen molar-refractivity contribution >= 4 is 27.9 Å². The number of nitrogens with one attached hydrogen (secondary N) is 1. The van der Waals surface area contributed by atoms with E-state index in [4.69, 9.17) is 11.6 Å². The minimum absolute atomic E-state index is 0.759. The summed E-state index contributed by atoms with van der Waals surface area (Å²) in [6, 6.07) is 7.92. The first-order chi connectivity index (χ1) is 9.65. The summed E-state index contributed by atoms with van der Waals surface area (Å²) in [5.41, 5.74) is 3.42. The van der Waals surface area contributed by atoms with Crippen LogP contribution in [0, 0.1) is 13.8 Å². The molecule has 0 atom stereocenters. The lowest BCUT2D eigenvalue weighted by Gasteiger charge is -2.07. The van der Waals surface area contributed by atoms with E-state index in [0.29, 0.717) is 0 Å². The number of fused-ring (bicyclic) bond motifs is 1. The predicted octanol–water partition coefficient (Wildman–Crippen LogP) is 3.96. The Bertz CT molecular complexity index is 745. The molecule has 0 spiro atoms. The van der Waals surface area contributed by atoms with Gasteiger partial charge in [0.25, 0.3) is 0 Å². The quantitative estimate of drug-likeness (QED) is 0.790. The zero-order valence-corrected chi connectivity index (χ0v) is 13.1. The lowest BCUT2D eigenvalue weighted by atomic mass is 10.2. The molecule has 0 amide bonds. The number of benzene rings is 1. The van der Waals surface area contributed by atoms with Crippen LogP contribution in [0.2, 0.25) is 5.02 Å². The van der Waals surface area contributed by atoms with Crippen LogP contribution in [0.4, 0.5) is 0 Å². The van der Waals surface area contributed by atoms with Crippen molar-refractivity contribution in [2.75, 3.05) is 0 Å². The van der Waals surface area contributed by atoms with Gasteiger partial charge in [-0.2, -0.15) is 0 Å². The van der Waals surface area contributed by atoms with Crippen molar-refractivity contribution in [2.24, 2.45) is 0 Å². The second kappa shape index (κ2) is 5.56. The monoisotopic (exact) mass is 305 g/mol. The Morgan fingerprint density at radius 2 is 2.05 bits per heavy atom. The zero-order chi connectivity index (χ0) is 14.1. The maximum absolute atomic E-state index is 6.16. The number of aromatic nitrogens is 2. The summed E-state index contributed by atoms with van der Waals surface area (Å²) in [6.45, 7) is 5.71. The molecule has 0 aliphatic heterocycles. The molecule has 0 aliphatic carbocycles. The summed E-state index contributed by atoms with van der Waals surface area (Å²) >= 11 is 7.88. The van der Waals surface area contributed by atoms with E-state index in [2.05, 4.69) is 34.7 Å². The summed E-state index contributed by atoms with van der Waals surface area (Å²) in [4.78, 5) is 6.93. The molecule has 20 heavy (non-hydrogen) atoms. The van der Waals surface area contributed by atoms with Gasteiger partial charge in [0, 0.05) is 29.2 Å². The first-order valence-corrected chi connectivity index (χ1v) is 7.72. The second-order valence-electron chi connectivity index (χ2n) is 4.83. The minimum Gasteiger partial charge on any atom is -0.307 e. The Labute approximate surface area is 127 Å². The van der Waals surface area contributed by atoms with Crippen LogP contribution in [-0.2, 0) is 13.1 Å². The second-order valence-corrected chi connectivity index (χ2v) is 6.45. The SMILES string of the molecule is Cc1cn2c(CNCc3ccccc3Cl)c(C)nc2s1. The number of rotatable bonds is 4. The van der Waals surface area contributed by atoms with E-state index in [0.717, 1.165) is 34.3 Å². The molecular weight excluding hydrogens is 290 g/mol. The fourth-order valence-corrected chi connectivity index (χ4v) is 3.37. The highest BCUT2D eigenvalue weighted by Gasteiger charge is 2.10. The van der Waals surface area contributed by atoms with E-state index < -0.39 is 0 Å². The average Bonchev–Trinajstić information content (AvgIpc) is 2.89. The third kappa shape index (κ3) is 2.59. The summed E-state index contributed by atoms with van der Waals surface area (Å²) in [7, 11) is 0. The van der Waals surface area contributed by atoms with Crippen LogP contribution in [0.3, 0.4) is 0 Å². The van der Waals surface area contributed by atoms with Gasteiger partial charge in [0.15, 0.2) is 4.96 Å². The van der Waals surface area contributed by atoms with Crippen LogP contribution in [-0.4, -0.2) is 9.38 Å². The molecule has 0 aliphatic rings. The highest BCUT2D eigenvalue weighted by Crippen LogP contribution is 2.21.